The van der Waals surface area contributed by atoms with Gasteiger partial charge < -0.3 is 10.6 Å². The molecule has 0 bridgehead atoms. The van der Waals surface area contributed by atoms with Crippen LogP contribution < -0.4 is 21.9 Å². The molecule has 2 heterocycles. The molecule has 1 aromatic carbocycles. The van der Waals surface area contributed by atoms with E-state index in [1.54, 1.807) is 0 Å². The van der Waals surface area contributed by atoms with Crippen LogP contribution in [-0.2, 0) is 17.8 Å². The van der Waals surface area contributed by atoms with Crippen LogP contribution in [0.3, 0.4) is 0 Å². The van der Waals surface area contributed by atoms with E-state index in [9.17, 15) is 14.4 Å². The first kappa shape index (κ1) is 23.9. The van der Waals surface area contributed by atoms with Crippen LogP contribution in [0.5, 0.6) is 0 Å². The molecule has 3 rings (SSSR count). The Bertz CT molecular complexity index is 1180. The van der Waals surface area contributed by atoms with Crippen molar-refractivity contribution in [2.45, 2.75) is 53.0 Å². The van der Waals surface area contributed by atoms with Gasteiger partial charge >= 0.3 is 5.69 Å². The third-order valence-corrected chi connectivity index (χ3v) is 5.36. The minimum atomic E-state index is -0.656. The summed E-state index contributed by atoms with van der Waals surface area (Å²) in [6.07, 6.45) is 3.81. The Kier molecular flexibility index (Phi) is 7.75. The van der Waals surface area contributed by atoms with Crippen molar-refractivity contribution in [1.29, 1.82) is 0 Å². The molecule has 176 valence electrons. The maximum absolute atomic E-state index is 13.3. The predicted octanol–water partition coefficient (Wildman–Crippen LogP) is 1.52. The molecule has 11 heteroatoms. The Morgan fingerprint density at radius 1 is 1.21 bits per heavy atom. The van der Waals surface area contributed by atoms with Gasteiger partial charge in [0.05, 0.1) is 12.1 Å². The summed E-state index contributed by atoms with van der Waals surface area (Å²) in [5.74, 6) is 0.0502. The van der Waals surface area contributed by atoms with Gasteiger partial charge in [-0.2, -0.15) is 0 Å². The van der Waals surface area contributed by atoms with E-state index in [2.05, 4.69) is 20.5 Å². The summed E-state index contributed by atoms with van der Waals surface area (Å²) in [6.45, 7) is 6.76. The number of carbonyl (C=O) groups is 1. The van der Waals surface area contributed by atoms with Crippen LogP contribution in [0.25, 0.3) is 5.69 Å². The van der Waals surface area contributed by atoms with Crippen LogP contribution in [0.15, 0.2) is 40.2 Å². The number of benzene rings is 1. The zero-order valence-electron chi connectivity index (χ0n) is 19.2. The Morgan fingerprint density at radius 2 is 1.94 bits per heavy atom. The molecule has 1 amide bonds. The summed E-state index contributed by atoms with van der Waals surface area (Å²) in [4.78, 5) is 42.1. The van der Waals surface area contributed by atoms with Crippen molar-refractivity contribution in [3.05, 3.63) is 57.0 Å². The van der Waals surface area contributed by atoms with Crippen LogP contribution in [0, 0.1) is 5.92 Å². The van der Waals surface area contributed by atoms with Gasteiger partial charge in [0.25, 0.3) is 5.56 Å². The van der Waals surface area contributed by atoms with Crippen molar-refractivity contribution < 1.29 is 4.79 Å². The van der Waals surface area contributed by atoms with Gasteiger partial charge in [-0.1, -0.05) is 39.3 Å². The van der Waals surface area contributed by atoms with Crippen LogP contribution in [0.2, 0.25) is 0 Å². The number of hydrogen-bond donors (Lipinski definition) is 2. The second-order valence-electron chi connectivity index (χ2n) is 8.32. The number of rotatable bonds is 10. The standard InChI is InChI=1S/C22H30N8O3/c1-4-5-11-29-20(23)19(21(32)25-22(29)33)28(12-10-15(2)3)18(31)13-16-6-8-17(9-7-16)30-14-24-26-27-30/h6-9,14-15H,4-5,10-13,23H2,1-3H3,(H,25,32,33). The van der Waals surface area contributed by atoms with E-state index in [1.165, 1.54) is 20.5 Å². The number of nitrogen functional groups attached to an aromatic ring is 1. The van der Waals surface area contributed by atoms with Crippen molar-refractivity contribution in [2.24, 2.45) is 5.92 Å². The highest BCUT2D eigenvalue weighted by Gasteiger charge is 2.24. The second kappa shape index (κ2) is 10.7. The lowest BCUT2D eigenvalue weighted by molar-refractivity contribution is -0.118. The zero-order valence-corrected chi connectivity index (χ0v) is 19.2. The molecule has 0 saturated heterocycles. The van der Waals surface area contributed by atoms with Gasteiger partial charge in [-0.05, 0) is 46.9 Å². The fourth-order valence-corrected chi connectivity index (χ4v) is 3.44. The quantitative estimate of drug-likeness (QED) is 0.472. The lowest BCUT2D eigenvalue weighted by atomic mass is 10.1. The first-order valence-electron chi connectivity index (χ1n) is 11.1. The third kappa shape index (κ3) is 5.73. The SMILES string of the molecule is CCCCn1c(N)c(N(CCC(C)C)C(=O)Cc2ccc(-n3cnnn3)cc2)c(=O)[nH]c1=O. The summed E-state index contributed by atoms with van der Waals surface area (Å²) < 4.78 is 2.84. The first-order valence-corrected chi connectivity index (χ1v) is 11.1. The molecule has 0 fully saturated rings. The molecule has 3 N–H and O–H groups in total. The summed E-state index contributed by atoms with van der Waals surface area (Å²) >= 11 is 0. The van der Waals surface area contributed by atoms with Crippen molar-refractivity contribution in [1.82, 2.24) is 29.8 Å². The lowest BCUT2D eigenvalue weighted by Gasteiger charge is -2.25. The minimum Gasteiger partial charge on any atom is -0.383 e. The summed E-state index contributed by atoms with van der Waals surface area (Å²) in [5.41, 5.74) is 6.60. The van der Waals surface area contributed by atoms with Crippen LogP contribution in [0.1, 0.15) is 45.6 Å². The lowest BCUT2D eigenvalue weighted by Crippen LogP contribution is -2.42. The Labute approximate surface area is 191 Å². The highest BCUT2D eigenvalue weighted by atomic mass is 16.2. The summed E-state index contributed by atoms with van der Waals surface area (Å²) in [7, 11) is 0. The average molecular weight is 455 g/mol. The Hall–Kier alpha value is -3.76. The molecule has 3 aromatic rings. The molecule has 0 saturated carbocycles. The molecule has 2 aromatic heterocycles. The van der Waals surface area contributed by atoms with E-state index >= 15 is 0 Å². The van der Waals surface area contributed by atoms with E-state index in [-0.39, 0.29) is 23.8 Å². The maximum Gasteiger partial charge on any atom is 0.330 e. The number of carbonyl (C=O) groups excluding carboxylic acids is 1. The molecule has 0 aliphatic heterocycles. The van der Waals surface area contributed by atoms with Gasteiger partial charge in [0.1, 0.15) is 12.1 Å². The van der Waals surface area contributed by atoms with Gasteiger partial charge in [-0.3, -0.25) is 19.1 Å². The monoisotopic (exact) mass is 454 g/mol. The number of hydrogen-bond acceptors (Lipinski definition) is 7. The topological polar surface area (TPSA) is 145 Å². The van der Waals surface area contributed by atoms with Gasteiger partial charge in [-0.25, -0.2) is 9.48 Å². The molecule has 0 unspecified atom stereocenters. The smallest absolute Gasteiger partial charge is 0.330 e. The number of anilines is 2. The Morgan fingerprint density at radius 3 is 2.55 bits per heavy atom. The third-order valence-electron chi connectivity index (χ3n) is 5.36. The molecule has 33 heavy (non-hydrogen) atoms. The number of nitrogens with two attached hydrogens (primary N) is 1. The molecule has 0 atom stereocenters. The molecule has 11 nitrogen and oxygen atoms in total. The van der Waals surface area contributed by atoms with Gasteiger partial charge in [-0.15, -0.1) is 5.10 Å². The van der Waals surface area contributed by atoms with Gasteiger partial charge in [0.2, 0.25) is 5.91 Å². The van der Waals surface area contributed by atoms with Crippen molar-refractivity contribution >= 4 is 17.4 Å². The highest BCUT2D eigenvalue weighted by Crippen LogP contribution is 2.20. The fourth-order valence-electron chi connectivity index (χ4n) is 3.44. The number of amides is 1. The van der Waals surface area contributed by atoms with E-state index < -0.39 is 11.2 Å². The first-order chi connectivity index (χ1) is 15.8. The fraction of sp³-hybridized carbons (Fsp3) is 0.455. The number of tetrazole rings is 1. The number of aromatic amines is 1. The second-order valence-corrected chi connectivity index (χ2v) is 8.32. The van der Waals surface area contributed by atoms with Crippen LogP contribution in [0.4, 0.5) is 11.5 Å². The normalized spacial score (nSPS) is 11.2. The van der Waals surface area contributed by atoms with Crippen LogP contribution in [-0.4, -0.2) is 42.2 Å². The Balaban J connectivity index is 1.92. The number of H-pyrrole nitrogens is 1. The predicted molar refractivity (Wildman–Crippen MR) is 125 cm³/mol. The van der Waals surface area contributed by atoms with Crippen molar-refractivity contribution in [3.63, 3.8) is 0 Å². The molecule has 0 aliphatic carbocycles. The number of aromatic nitrogens is 6. The molecule has 0 spiro atoms. The van der Waals surface area contributed by atoms with Gasteiger partial charge in [0.15, 0.2) is 5.69 Å². The zero-order chi connectivity index (χ0) is 24.0. The largest absolute Gasteiger partial charge is 0.383 e. The molecular formula is C22H30N8O3. The summed E-state index contributed by atoms with van der Waals surface area (Å²) in [6, 6.07) is 7.24. The van der Waals surface area contributed by atoms with E-state index in [1.807, 2.05) is 45.0 Å². The van der Waals surface area contributed by atoms with E-state index in [0.717, 1.165) is 24.1 Å². The van der Waals surface area contributed by atoms with E-state index in [4.69, 9.17) is 5.73 Å². The molecule has 0 radical (unpaired) electrons. The molecular weight excluding hydrogens is 424 g/mol. The maximum atomic E-state index is 13.3. The highest BCUT2D eigenvalue weighted by molar-refractivity contribution is 5.96. The summed E-state index contributed by atoms with van der Waals surface area (Å²) in [5, 5.41) is 11.1. The van der Waals surface area contributed by atoms with Crippen molar-refractivity contribution in [2.75, 3.05) is 17.2 Å². The van der Waals surface area contributed by atoms with Crippen LogP contribution >= 0.6 is 0 Å². The number of nitrogens with one attached hydrogen (secondary N) is 1. The number of unbranched alkanes of at least 4 members (excludes halogenated alkanes) is 1. The van der Waals surface area contributed by atoms with Crippen molar-refractivity contribution in [3.8, 4) is 5.69 Å². The minimum absolute atomic E-state index is 0.0170. The molecule has 0 aliphatic rings. The van der Waals surface area contributed by atoms with E-state index in [0.29, 0.717) is 25.4 Å². The number of nitrogens with zero attached hydrogens (tertiary/aromatic N) is 6. The van der Waals surface area contributed by atoms with Gasteiger partial charge in [0, 0.05) is 13.1 Å². The average Bonchev–Trinajstić information content (AvgIpc) is 3.31.